The van der Waals surface area contributed by atoms with E-state index in [1.54, 1.807) is 24.3 Å². The van der Waals surface area contributed by atoms with Crippen LogP contribution in [0, 0.1) is 5.82 Å². The lowest BCUT2D eigenvalue weighted by Gasteiger charge is -2.12. The molecule has 0 radical (unpaired) electrons. The van der Waals surface area contributed by atoms with Crippen molar-refractivity contribution in [1.82, 2.24) is 0 Å². The number of hydrogen-bond donors (Lipinski definition) is 1. The van der Waals surface area contributed by atoms with E-state index in [-0.39, 0.29) is 5.75 Å². The number of nitrogens with one attached hydrogen (secondary N) is 1. The van der Waals surface area contributed by atoms with Crippen molar-refractivity contribution in [3.63, 3.8) is 0 Å². The maximum absolute atomic E-state index is 13.4. The first-order chi connectivity index (χ1) is 10.1. The molecule has 0 heterocycles. The van der Waals surface area contributed by atoms with E-state index < -0.39 is 11.9 Å². The van der Waals surface area contributed by atoms with Crippen LogP contribution < -0.4 is 19.5 Å². The van der Waals surface area contributed by atoms with Crippen LogP contribution >= 0.6 is 0 Å². The van der Waals surface area contributed by atoms with Gasteiger partial charge in [-0.15, -0.1) is 0 Å². The van der Waals surface area contributed by atoms with Gasteiger partial charge in [-0.25, -0.2) is 9.18 Å². The van der Waals surface area contributed by atoms with E-state index in [2.05, 4.69) is 5.32 Å². The molecular formula is C15H14FNO4. The van der Waals surface area contributed by atoms with Crippen LogP contribution in [0.1, 0.15) is 0 Å². The molecule has 0 aliphatic rings. The molecule has 1 amide bonds. The van der Waals surface area contributed by atoms with Gasteiger partial charge in [0.15, 0.2) is 11.6 Å². The fourth-order valence-electron chi connectivity index (χ4n) is 1.67. The molecule has 0 atom stereocenters. The zero-order valence-corrected chi connectivity index (χ0v) is 11.6. The lowest BCUT2D eigenvalue weighted by Crippen LogP contribution is -2.17. The molecule has 6 heteroatoms. The van der Waals surface area contributed by atoms with E-state index in [0.29, 0.717) is 17.2 Å². The molecule has 5 nitrogen and oxygen atoms in total. The molecule has 0 unspecified atom stereocenters. The number of benzene rings is 2. The third-order valence-electron chi connectivity index (χ3n) is 2.68. The highest BCUT2D eigenvalue weighted by Gasteiger charge is 2.12. The highest BCUT2D eigenvalue weighted by molar-refractivity contribution is 5.88. The number of ether oxygens (including phenoxy) is 3. The number of hydrogen-bond acceptors (Lipinski definition) is 4. The molecule has 1 N–H and O–H groups in total. The summed E-state index contributed by atoms with van der Waals surface area (Å²) in [6.07, 6.45) is -0.827. The van der Waals surface area contributed by atoms with E-state index in [0.717, 1.165) is 0 Å². The summed E-state index contributed by atoms with van der Waals surface area (Å²) in [7, 11) is 2.97. The van der Waals surface area contributed by atoms with E-state index in [9.17, 15) is 9.18 Å². The Morgan fingerprint density at radius 1 is 1.05 bits per heavy atom. The minimum Gasteiger partial charge on any atom is -0.497 e. The number of carbonyl (C=O) groups excluding carboxylic acids is 1. The molecule has 0 aromatic heterocycles. The van der Waals surface area contributed by atoms with Crippen molar-refractivity contribution in [3.8, 4) is 17.2 Å². The molecular weight excluding hydrogens is 277 g/mol. The summed E-state index contributed by atoms with van der Waals surface area (Å²) in [5, 5.41) is 2.48. The number of amides is 1. The monoisotopic (exact) mass is 291 g/mol. The average molecular weight is 291 g/mol. The Hall–Kier alpha value is -2.76. The van der Waals surface area contributed by atoms with Crippen molar-refractivity contribution in [3.05, 3.63) is 48.3 Å². The van der Waals surface area contributed by atoms with Gasteiger partial charge >= 0.3 is 6.09 Å². The number of methoxy groups -OCH3 is 2. The van der Waals surface area contributed by atoms with Crippen LogP contribution in [0.5, 0.6) is 17.2 Å². The minimum atomic E-state index is -0.827. The van der Waals surface area contributed by atoms with Crippen LogP contribution in [0.2, 0.25) is 0 Å². The summed E-state index contributed by atoms with van der Waals surface area (Å²) in [6.45, 7) is 0. The van der Waals surface area contributed by atoms with Crippen LogP contribution in [-0.4, -0.2) is 20.3 Å². The van der Waals surface area contributed by atoms with Gasteiger partial charge < -0.3 is 14.2 Å². The highest BCUT2D eigenvalue weighted by atomic mass is 19.1. The third kappa shape index (κ3) is 3.62. The van der Waals surface area contributed by atoms with E-state index in [4.69, 9.17) is 14.2 Å². The van der Waals surface area contributed by atoms with Crippen molar-refractivity contribution >= 4 is 11.8 Å². The maximum atomic E-state index is 13.4. The first kappa shape index (κ1) is 14.6. The van der Waals surface area contributed by atoms with Crippen molar-refractivity contribution in [2.24, 2.45) is 0 Å². The van der Waals surface area contributed by atoms with Crippen LogP contribution in [0.25, 0.3) is 0 Å². The Balaban J connectivity index is 2.14. The molecule has 2 aromatic rings. The Morgan fingerprint density at radius 2 is 1.81 bits per heavy atom. The maximum Gasteiger partial charge on any atom is 0.417 e. The van der Waals surface area contributed by atoms with Gasteiger partial charge in [-0.3, -0.25) is 5.32 Å². The first-order valence-corrected chi connectivity index (χ1v) is 6.09. The standard InChI is InChI=1S/C15H14FNO4/c1-19-10-7-8-14(20-2)12(9-10)17-15(18)21-13-6-4-3-5-11(13)16/h3-9H,1-2H3,(H,17,18). The van der Waals surface area contributed by atoms with Crippen molar-refractivity contribution in [2.75, 3.05) is 19.5 Å². The van der Waals surface area contributed by atoms with Gasteiger partial charge in [-0.05, 0) is 24.3 Å². The number of para-hydroxylation sites is 1. The van der Waals surface area contributed by atoms with Gasteiger partial charge in [0.1, 0.15) is 11.5 Å². The van der Waals surface area contributed by atoms with E-state index in [1.807, 2.05) is 0 Å². The van der Waals surface area contributed by atoms with Crippen LogP contribution in [0.3, 0.4) is 0 Å². The number of rotatable bonds is 4. The Kier molecular flexibility index (Phi) is 4.61. The van der Waals surface area contributed by atoms with Gasteiger partial charge in [-0.2, -0.15) is 0 Å². The highest BCUT2D eigenvalue weighted by Crippen LogP contribution is 2.29. The summed E-state index contributed by atoms with van der Waals surface area (Å²) < 4.78 is 28.5. The molecule has 21 heavy (non-hydrogen) atoms. The van der Waals surface area contributed by atoms with Gasteiger partial charge in [0.25, 0.3) is 0 Å². The topological polar surface area (TPSA) is 56.8 Å². The summed E-state index contributed by atoms with van der Waals surface area (Å²) >= 11 is 0. The third-order valence-corrected chi connectivity index (χ3v) is 2.68. The molecule has 0 fully saturated rings. The zero-order valence-electron chi connectivity index (χ0n) is 11.6. The second-order valence-corrected chi connectivity index (χ2v) is 4.01. The SMILES string of the molecule is COc1ccc(OC)c(NC(=O)Oc2ccccc2F)c1. The molecule has 110 valence electrons. The van der Waals surface area contributed by atoms with Crippen molar-refractivity contribution in [2.45, 2.75) is 0 Å². The first-order valence-electron chi connectivity index (χ1n) is 6.09. The largest absolute Gasteiger partial charge is 0.497 e. The van der Waals surface area contributed by atoms with Gasteiger partial charge in [0.05, 0.1) is 19.9 Å². The second-order valence-electron chi connectivity index (χ2n) is 4.01. The number of halogens is 1. The molecule has 0 bridgehead atoms. The molecule has 0 saturated heterocycles. The zero-order chi connectivity index (χ0) is 15.2. The van der Waals surface area contributed by atoms with Gasteiger partial charge in [0.2, 0.25) is 0 Å². The summed E-state index contributed by atoms with van der Waals surface area (Å²) in [6, 6.07) is 10.5. The fraction of sp³-hybridized carbons (Fsp3) is 0.133. The van der Waals surface area contributed by atoms with E-state index >= 15 is 0 Å². The molecule has 0 aliphatic heterocycles. The summed E-state index contributed by atoms with van der Waals surface area (Å²) in [5.41, 5.74) is 0.359. The minimum absolute atomic E-state index is 0.156. The van der Waals surface area contributed by atoms with E-state index in [1.165, 1.54) is 32.4 Å². The lowest BCUT2D eigenvalue weighted by molar-refractivity contribution is 0.213. The Morgan fingerprint density at radius 3 is 2.48 bits per heavy atom. The normalized spacial score (nSPS) is 9.86. The molecule has 2 aromatic carbocycles. The summed E-state index contributed by atoms with van der Waals surface area (Å²) in [5.74, 6) is 0.195. The molecule has 0 spiro atoms. The smallest absolute Gasteiger partial charge is 0.417 e. The predicted octanol–water partition coefficient (Wildman–Crippen LogP) is 3.45. The number of carbonyl (C=O) groups is 1. The second kappa shape index (κ2) is 6.60. The Bertz CT molecular complexity index is 645. The quantitative estimate of drug-likeness (QED) is 0.937. The van der Waals surface area contributed by atoms with Crippen molar-refractivity contribution < 1.29 is 23.4 Å². The lowest BCUT2D eigenvalue weighted by atomic mass is 10.2. The summed E-state index contributed by atoms with van der Waals surface area (Å²) in [4.78, 5) is 11.8. The average Bonchev–Trinajstić information content (AvgIpc) is 2.49. The van der Waals surface area contributed by atoms with Crippen LogP contribution in [0.15, 0.2) is 42.5 Å². The van der Waals surface area contributed by atoms with Crippen LogP contribution in [0.4, 0.5) is 14.9 Å². The van der Waals surface area contributed by atoms with Crippen molar-refractivity contribution in [1.29, 1.82) is 0 Å². The van der Waals surface area contributed by atoms with Gasteiger partial charge in [-0.1, -0.05) is 12.1 Å². The fourth-order valence-corrected chi connectivity index (χ4v) is 1.67. The number of anilines is 1. The molecule has 0 saturated carbocycles. The predicted molar refractivity (Wildman–Crippen MR) is 75.6 cm³/mol. The molecule has 0 aliphatic carbocycles. The van der Waals surface area contributed by atoms with Crippen LogP contribution in [-0.2, 0) is 0 Å². The Labute approximate surface area is 121 Å². The van der Waals surface area contributed by atoms with Gasteiger partial charge in [0, 0.05) is 6.07 Å². The molecule has 2 rings (SSSR count).